The first-order chi connectivity index (χ1) is 13.1. The molecule has 154 valence electrons. The number of nitrogens with two attached hydrogens (primary N) is 1. The summed E-state index contributed by atoms with van der Waals surface area (Å²) in [5, 5.41) is 10.9. The lowest BCUT2D eigenvalue weighted by molar-refractivity contribution is -0.384. The molecule has 0 saturated carbocycles. The first-order valence-corrected chi connectivity index (χ1v) is 10.6. The Morgan fingerprint density at radius 2 is 2.11 bits per heavy atom. The van der Waals surface area contributed by atoms with Gasteiger partial charge in [0, 0.05) is 29.9 Å². The van der Waals surface area contributed by atoms with Crippen LogP contribution in [0.5, 0.6) is 0 Å². The fourth-order valence-corrected chi connectivity index (χ4v) is 4.83. The average Bonchev–Trinajstić information content (AvgIpc) is 2.99. The molecule has 1 saturated heterocycles. The number of hydrogen-bond donors (Lipinski definition) is 1. The van der Waals surface area contributed by atoms with Crippen molar-refractivity contribution in [1.29, 1.82) is 0 Å². The maximum atomic E-state index is 12.7. The molecule has 2 atom stereocenters. The second kappa shape index (κ2) is 8.55. The number of nitro groups is 1. The number of nitro benzene ring substituents is 1. The first-order valence-electron chi connectivity index (χ1n) is 8.78. The number of nitrogens with zero attached hydrogens (tertiary/aromatic N) is 2. The van der Waals surface area contributed by atoms with E-state index in [4.69, 9.17) is 10.5 Å². The summed E-state index contributed by atoms with van der Waals surface area (Å²) in [5.74, 6) is -1.58. The summed E-state index contributed by atoms with van der Waals surface area (Å²) in [7, 11) is -3.19. The largest absolute Gasteiger partial charge is 0.452 e. The van der Waals surface area contributed by atoms with Crippen molar-refractivity contribution in [3.63, 3.8) is 0 Å². The van der Waals surface area contributed by atoms with Crippen LogP contribution in [0.4, 0.5) is 11.4 Å². The van der Waals surface area contributed by atoms with Gasteiger partial charge in [0.15, 0.2) is 16.4 Å². The lowest BCUT2D eigenvalue weighted by Crippen LogP contribution is -2.48. The number of ether oxygens (including phenoxy) is 1. The Bertz CT molecular complexity index is 885. The number of carbonyl (C=O) groups is 2. The molecule has 1 aromatic carbocycles. The van der Waals surface area contributed by atoms with Gasteiger partial charge in [0.1, 0.15) is 0 Å². The lowest BCUT2D eigenvalue weighted by atomic mass is 10.1. The third kappa shape index (κ3) is 4.97. The van der Waals surface area contributed by atoms with Crippen LogP contribution in [-0.4, -0.2) is 60.3 Å². The molecule has 0 bridgehead atoms. The molecule has 10 nitrogen and oxygen atoms in total. The third-order valence-corrected chi connectivity index (χ3v) is 6.50. The minimum absolute atomic E-state index is 0.0104. The van der Waals surface area contributed by atoms with E-state index < -0.39 is 39.3 Å². The summed E-state index contributed by atoms with van der Waals surface area (Å²) >= 11 is 0. The number of sulfone groups is 1. The summed E-state index contributed by atoms with van der Waals surface area (Å²) in [4.78, 5) is 36.5. The maximum Gasteiger partial charge on any atom is 0.341 e. The van der Waals surface area contributed by atoms with Crippen LogP contribution in [0.25, 0.3) is 0 Å². The monoisotopic (exact) mass is 413 g/mol. The number of nitrogen functional groups attached to an aromatic ring is 1. The standard InChI is InChI=1S/C17H23N3O7S/c1-3-11(2)19(13-6-7-28(25,26)10-13)16(21)9-27-17(22)14-8-12(20(23)24)4-5-15(14)18/h4-5,8,11,13H,3,6-7,9-10,18H2,1-2H3/t11-,13+/m1/s1. The smallest absolute Gasteiger partial charge is 0.341 e. The van der Waals surface area contributed by atoms with E-state index in [2.05, 4.69) is 0 Å². The van der Waals surface area contributed by atoms with Crippen LogP contribution in [0.1, 0.15) is 37.0 Å². The van der Waals surface area contributed by atoms with Crippen molar-refractivity contribution in [3.8, 4) is 0 Å². The van der Waals surface area contributed by atoms with E-state index in [0.717, 1.165) is 12.1 Å². The fraction of sp³-hybridized carbons (Fsp3) is 0.529. The van der Waals surface area contributed by atoms with Gasteiger partial charge in [-0.05, 0) is 25.8 Å². The molecule has 1 aliphatic rings. The van der Waals surface area contributed by atoms with Gasteiger partial charge in [-0.3, -0.25) is 14.9 Å². The lowest BCUT2D eigenvalue weighted by Gasteiger charge is -2.33. The van der Waals surface area contributed by atoms with Gasteiger partial charge in [0.25, 0.3) is 11.6 Å². The molecule has 1 aromatic rings. The van der Waals surface area contributed by atoms with E-state index >= 15 is 0 Å². The fourth-order valence-electron chi connectivity index (χ4n) is 3.11. The van der Waals surface area contributed by atoms with Crippen LogP contribution in [0.3, 0.4) is 0 Å². The van der Waals surface area contributed by atoms with Crippen LogP contribution in [-0.2, 0) is 19.4 Å². The Morgan fingerprint density at radius 3 is 2.64 bits per heavy atom. The molecule has 1 amide bonds. The molecule has 28 heavy (non-hydrogen) atoms. The summed E-state index contributed by atoms with van der Waals surface area (Å²) in [5.41, 5.74) is 5.12. The summed E-state index contributed by atoms with van der Waals surface area (Å²) in [6.45, 7) is 3.05. The second-order valence-corrected chi connectivity index (χ2v) is 8.95. The van der Waals surface area contributed by atoms with Gasteiger partial charge in [-0.2, -0.15) is 0 Å². The molecule has 1 heterocycles. The van der Waals surface area contributed by atoms with Crippen molar-refractivity contribution in [3.05, 3.63) is 33.9 Å². The van der Waals surface area contributed by atoms with Gasteiger partial charge in [0.2, 0.25) is 0 Å². The highest BCUT2D eigenvalue weighted by atomic mass is 32.2. The van der Waals surface area contributed by atoms with E-state index in [9.17, 15) is 28.1 Å². The van der Waals surface area contributed by atoms with Gasteiger partial charge in [-0.1, -0.05) is 6.92 Å². The molecule has 0 radical (unpaired) electrons. The molecule has 0 unspecified atom stereocenters. The molecule has 1 aliphatic heterocycles. The predicted octanol–water partition coefficient (Wildman–Crippen LogP) is 1.15. The summed E-state index contributed by atoms with van der Waals surface area (Å²) in [6, 6.07) is 2.66. The van der Waals surface area contributed by atoms with Gasteiger partial charge < -0.3 is 15.4 Å². The van der Waals surface area contributed by atoms with Crippen molar-refractivity contribution in [2.75, 3.05) is 23.8 Å². The van der Waals surface area contributed by atoms with Crippen LogP contribution < -0.4 is 5.73 Å². The number of carbonyl (C=O) groups excluding carboxylic acids is 2. The minimum Gasteiger partial charge on any atom is -0.452 e. The number of rotatable bonds is 7. The van der Waals surface area contributed by atoms with Crippen LogP contribution in [0.2, 0.25) is 0 Å². The first kappa shape index (κ1) is 21.6. The van der Waals surface area contributed by atoms with E-state index in [-0.39, 0.29) is 34.5 Å². The molecular weight excluding hydrogens is 390 g/mol. The number of non-ortho nitro benzene ring substituents is 1. The van der Waals surface area contributed by atoms with Crippen molar-refractivity contribution in [2.45, 2.75) is 38.8 Å². The maximum absolute atomic E-state index is 12.7. The highest BCUT2D eigenvalue weighted by molar-refractivity contribution is 7.91. The Kier molecular flexibility index (Phi) is 6.60. The number of anilines is 1. The zero-order valence-electron chi connectivity index (χ0n) is 15.7. The number of benzene rings is 1. The normalized spacial score (nSPS) is 19.0. The number of amides is 1. The molecule has 0 spiro atoms. The SMILES string of the molecule is CC[C@@H](C)N(C(=O)COC(=O)c1cc([N+](=O)[O-])ccc1N)[C@H]1CCS(=O)(=O)C1. The van der Waals surface area contributed by atoms with Crippen LogP contribution in [0, 0.1) is 10.1 Å². The van der Waals surface area contributed by atoms with E-state index in [1.807, 2.05) is 6.92 Å². The Morgan fingerprint density at radius 1 is 1.43 bits per heavy atom. The molecule has 1 fully saturated rings. The van der Waals surface area contributed by atoms with Crippen LogP contribution in [0.15, 0.2) is 18.2 Å². The number of esters is 1. The van der Waals surface area contributed by atoms with Crippen LogP contribution >= 0.6 is 0 Å². The average molecular weight is 413 g/mol. The topological polar surface area (TPSA) is 150 Å². The zero-order valence-corrected chi connectivity index (χ0v) is 16.5. The van der Waals surface area contributed by atoms with Crippen molar-refractivity contribution in [1.82, 2.24) is 4.90 Å². The van der Waals surface area contributed by atoms with Gasteiger partial charge >= 0.3 is 5.97 Å². The number of hydrogen-bond acceptors (Lipinski definition) is 8. The van der Waals surface area contributed by atoms with Gasteiger partial charge in [-0.15, -0.1) is 0 Å². The highest BCUT2D eigenvalue weighted by Crippen LogP contribution is 2.23. The summed E-state index contributed by atoms with van der Waals surface area (Å²) < 4.78 is 28.5. The highest BCUT2D eigenvalue weighted by Gasteiger charge is 2.36. The van der Waals surface area contributed by atoms with E-state index in [1.165, 1.54) is 11.0 Å². The molecule has 11 heteroatoms. The third-order valence-electron chi connectivity index (χ3n) is 4.75. The molecule has 0 aromatic heterocycles. The minimum atomic E-state index is -3.19. The Balaban J connectivity index is 2.11. The molecular formula is C17H23N3O7S. The molecule has 2 rings (SSSR count). The van der Waals surface area contributed by atoms with E-state index in [1.54, 1.807) is 6.92 Å². The van der Waals surface area contributed by atoms with E-state index in [0.29, 0.717) is 12.8 Å². The van der Waals surface area contributed by atoms with Crippen molar-refractivity contribution >= 4 is 33.1 Å². The Labute approximate surface area is 162 Å². The summed E-state index contributed by atoms with van der Waals surface area (Å²) in [6.07, 6.45) is 0.943. The molecule has 2 N–H and O–H groups in total. The quantitative estimate of drug-likeness (QED) is 0.303. The van der Waals surface area contributed by atoms with Gasteiger partial charge in [-0.25, -0.2) is 13.2 Å². The van der Waals surface area contributed by atoms with Gasteiger partial charge in [0.05, 0.1) is 22.0 Å². The van der Waals surface area contributed by atoms with Crippen molar-refractivity contribution in [2.24, 2.45) is 0 Å². The predicted molar refractivity (Wildman–Crippen MR) is 101 cm³/mol. The Hall–Kier alpha value is -2.69. The molecule has 0 aliphatic carbocycles. The zero-order chi connectivity index (χ0) is 21.1. The van der Waals surface area contributed by atoms with Crippen molar-refractivity contribution < 1.29 is 27.7 Å². The second-order valence-electron chi connectivity index (χ2n) is 6.72.